The van der Waals surface area contributed by atoms with E-state index in [4.69, 9.17) is 9.84 Å². The smallest absolute Gasteiger partial charge is 0.308 e. The Kier molecular flexibility index (Phi) is 5.55. The van der Waals surface area contributed by atoms with Gasteiger partial charge in [0.05, 0.1) is 18.7 Å². The minimum atomic E-state index is -0.925. The van der Waals surface area contributed by atoms with Crippen molar-refractivity contribution in [1.29, 1.82) is 0 Å². The number of rotatable bonds is 6. The van der Waals surface area contributed by atoms with Crippen LogP contribution in [0.25, 0.3) is 0 Å². The molecule has 0 saturated carbocycles. The molecular formula is C15H21NO4. The first-order chi connectivity index (χ1) is 9.40. The van der Waals surface area contributed by atoms with Gasteiger partial charge < -0.3 is 14.7 Å². The number of amides is 1. The molecule has 0 bridgehead atoms. The average Bonchev–Trinajstić information content (AvgIpc) is 2.43. The van der Waals surface area contributed by atoms with Crippen LogP contribution in [0.1, 0.15) is 25.8 Å². The largest absolute Gasteiger partial charge is 0.495 e. The van der Waals surface area contributed by atoms with E-state index in [1.807, 2.05) is 19.1 Å². The lowest BCUT2D eigenvalue weighted by atomic mass is 10.1. The van der Waals surface area contributed by atoms with Crippen molar-refractivity contribution < 1.29 is 19.4 Å². The molecule has 20 heavy (non-hydrogen) atoms. The van der Waals surface area contributed by atoms with Crippen molar-refractivity contribution in [3.8, 4) is 5.75 Å². The number of carbonyl (C=O) groups is 2. The number of carbonyl (C=O) groups excluding carboxylic acids is 1. The highest BCUT2D eigenvalue weighted by molar-refractivity contribution is 5.95. The molecule has 0 fully saturated rings. The number of hydrogen-bond donors (Lipinski definition) is 1. The van der Waals surface area contributed by atoms with Gasteiger partial charge in [0, 0.05) is 13.0 Å². The molecular weight excluding hydrogens is 258 g/mol. The van der Waals surface area contributed by atoms with Crippen LogP contribution < -0.4 is 9.64 Å². The number of carboxylic acids is 1. The molecule has 1 N–H and O–H groups in total. The Morgan fingerprint density at radius 2 is 2.05 bits per heavy atom. The van der Waals surface area contributed by atoms with Crippen LogP contribution in [0.5, 0.6) is 5.75 Å². The van der Waals surface area contributed by atoms with Gasteiger partial charge in [0.25, 0.3) is 0 Å². The fraction of sp³-hybridized carbons (Fsp3) is 0.467. The number of ether oxygens (including phenoxy) is 1. The molecule has 1 aromatic carbocycles. The van der Waals surface area contributed by atoms with E-state index in [2.05, 4.69) is 0 Å². The van der Waals surface area contributed by atoms with E-state index in [9.17, 15) is 9.59 Å². The van der Waals surface area contributed by atoms with Crippen LogP contribution in [0.2, 0.25) is 0 Å². The predicted octanol–water partition coefficient (Wildman–Crippen LogP) is 2.47. The molecule has 5 heteroatoms. The molecule has 1 unspecified atom stereocenters. The third-order valence-electron chi connectivity index (χ3n) is 3.11. The van der Waals surface area contributed by atoms with Crippen molar-refractivity contribution in [1.82, 2.24) is 0 Å². The molecule has 0 aromatic heterocycles. The van der Waals surface area contributed by atoms with Crippen LogP contribution in [0.3, 0.4) is 0 Å². The van der Waals surface area contributed by atoms with Crippen LogP contribution >= 0.6 is 0 Å². The second-order valence-electron chi connectivity index (χ2n) is 4.77. The first-order valence-electron chi connectivity index (χ1n) is 6.58. The van der Waals surface area contributed by atoms with Crippen molar-refractivity contribution in [2.75, 3.05) is 18.6 Å². The van der Waals surface area contributed by atoms with Gasteiger partial charge in [-0.3, -0.25) is 9.59 Å². The number of anilines is 1. The van der Waals surface area contributed by atoms with Gasteiger partial charge in [-0.05, 0) is 24.6 Å². The van der Waals surface area contributed by atoms with Gasteiger partial charge in [0.2, 0.25) is 5.91 Å². The summed E-state index contributed by atoms with van der Waals surface area (Å²) >= 11 is 0. The minimum Gasteiger partial charge on any atom is -0.495 e. The zero-order valence-electron chi connectivity index (χ0n) is 12.3. The van der Waals surface area contributed by atoms with Gasteiger partial charge in [-0.1, -0.05) is 19.9 Å². The van der Waals surface area contributed by atoms with Gasteiger partial charge in [-0.25, -0.2) is 0 Å². The number of methoxy groups -OCH3 is 1. The Hall–Kier alpha value is -2.04. The second-order valence-corrected chi connectivity index (χ2v) is 4.77. The molecule has 0 aliphatic carbocycles. The minimum absolute atomic E-state index is 0.123. The number of carboxylic acid groups (broad SMARTS) is 1. The summed E-state index contributed by atoms with van der Waals surface area (Å²) in [7, 11) is 1.53. The Morgan fingerprint density at radius 3 is 2.55 bits per heavy atom. The van der Waals surface area contributed by atoms with E-state index < -0.39 is 11.9 Å². The molecule has 0 radical (unpaired) electrons. The standard InChI is InChI=1S/C15H21NO4/c1-5-14(17)16(9-11(3)15(18)19)12-8-10(2)6-7-13(12)20-4/h6-8,11H,5,9H2,1-4H3,(H,18,19). The molecule has 1 amide bonds. The quantitative estimate of drug-likeness (QED) is 0.868. The summed E-state index contributed by atoms with van der Waals surface area (Å²) in [5.41, 5.74) is 1.60. The first kappa shape index (κ1) is 16.0. The van der Waals surface area contributed by atoms with Gasteiger partial charge in [-0.15, -0.1) is 0 Å². The van der Waals surface area contributed by atoms with E-state index >= 15 is 0 Å². The van der Waals surface area contributed by atoms with E-state index in [-0.39, 0.29) is 12.5 Å². The zero-order chi connectivity index (χ0) is 15.3. The van der Waals surface area contributed by atoms with Crippen LogP contribution in [0.4, 0.5) is 5.69 Å². The lowest BCUT2D eigenvalue weighted by molar-refractivity contribution is -0.140. The van der Waals surface area contributed by atoms with Crippen LogP contribution in [-0.4, -0.2) is 30.6 Å². The molecule has 1 rings (SSSR count). The van der Waals surface area contributed by atoms with Crippen molar-refractivity contribution in [2.24, 2.45) is 5.92 Å². The maximum Gasteiger partial charge on any atom is 0.308 e. The molecule has 0 aliphatic rings. The summed E-state index contributed by atoms with van der Waals surface area (Å²) < 4.78 is 5.28. The maximum atomic E-state index is 12.1. The third-order valence-corrected chi connectivity index (χ3v) is 3.11. The van der Waals surface area contributed by atoms with Crippen molar-refractivity contribution >= 4 is 17.6 Å². The third kappa shape index (κ3) is 3.73. The van der Waals surface area contributed by atoms with E-state index in [1.165, 1.54) is 12.0 Å². The Balaban J connectivity index is 3.20. The molecule has 0 heterocycles. The van der Waals surface area contributed by atoms with E-state index in [0.717, 1.165) is 5.56 Å². The van der Waals surface area contributed by atoms with Crippen molar-refractivity contribution in [3.63, 3.8) is 0 Å². The number of benzene rings is 1. The fourth-order valence-electron chi connectivity index (χ4n) is 1.89. The van der Waals surface area contributed by atoms with Crippen LogP contribution in [0, 0.1) is 12.8 Å². The molecule has 0 saturated heterocycles. The summed E-state index contributed by atoms with van der Waals surface area (Å²) in [4.78, 5) is 24.6. The Morgan fingerprint density at radius 1 is 1.40 bits per heavy atom. The maximum absolute atomic E-state index is 12.1. The van der Waals surface area contributed by atoms with Crippen LogP contribution in [-0.2, 0) is 9.59 Å². The highest BCUT2D eigenvalue weighted by Gasteiger charge is 2.23. The van der Waals surface area contributed by atoms with Gasteiger partial charge in [0.15, 0.2) is 0 Å². The Labute approximate surface area is 119 Å². The summed E-state index contributed by atoms with van der Waals surface area (Å²) in [6.07, 6.45) is 0.309. The fourth-order valence-corrected chi connectivity index (χ4v) is 1.89. The van der Waals surface area contributed by atoms with Gasteiger partial charge >= 0.3 is 5.97 Å². The van der Waals surface area contributed by atoms with E-state index in [0.29, 0.717) is 17.9 Å². The highest BCUT2D eigenvalue weighted by Crippen LogP contribution is 2.30. The lowest BCUT2D eigenvalue weighted by Gasteiger charge is -2.26. The number of aryl methyl sites for hydroxylation is 1. The second kappa shape index (κ2) is 6.93. The van der Waals surface area contributed by atoms with Crippen molar-refractivity contribution in [3.05, 3.63) is 23.8 Å². The molecule has 0 spiro atoms. The van der Waals surface area contributed by atoms with Crippen molar-refractivity contribution in [2.45, 2.75) is 27.2 Å². The molecule has 1 aromatic rings. The zero-order valence-corrected chi connectivity index (χ0v) is 12.3. The number of hydrogen-bond acceptors (Lipinski definition) is 3. The lowest BCUT2D eigenvalue weighted by Crippen LogP contribution is -2.36. The topological polar surface area (TPSA) is 66.8 Å². The average molecular weight is 279 g/mol. The van der Waals surface area contributed by atoms with Gasteiger partial charge in [-0.2, -0.15) is 0 Å². The number of aliphatic carboxylic acids is 1. The van der Waals surface area contributed by atoms with Crippen LogP contribution in [0.15, 0.2) is 18.2 Å². The highest BCUT2D eigenvalue weighted by atomic mass is 16.5. The van der Waals surface area contributed by atoms with Gasteiger partial charge in [0.1, 0.15) is 5.75 Å². The summed E-state index contributed by atoms with van der Waals surface area (Å²) in [6, 6.07) is 5.50. The monoisotopic (exact) mass is 279 g/mol. The molecule has 0 aliphatic heterocycles. The summed E-state index contributed by atoms with van der Waals surface area (Å²) in [5.74, 6) is -1.13. The van der Waals surface area contributed by atoms with E-state index in [1.54, 1.807) is 19.9 Å². The molecule has 1 atom stereocenters. The molecule has 110 valence electrons. The summed E-state index contributed by atoms with van der Waals surface area (Å²) in [5, 5.41) is 9.04. The number of nitrogens with zero attached hydrogens (tertiary/aromatic N) is 1. The Bertz CT molecular complexity index is 499. The predicted molar refractivity (Wildman–Crippen MR) is 77.2 cm³/mol. The first-order valence-corrected chi connectivity index (χ1v) is 6.58. The SMILES string of the molecule is CCC(=O)N(CC(C)C(=O)O)c1cc(C)ccc1OC. The normalized spacial score (nSPS) is 11.8. The summed E-state index contributed by atoms with van der Waals surface area (Å²) in [6.45, 7) is 5.38. The molecule has 5 nitrogen and oxygen atoms in total.